The minimum absolute atomic E-state index is 0.132. The van der Waals surface area contributed by atoms with E-state index in [0.29, 0.717) is 0 Å². The van der Waals surface area contributed by atoms with Gasteiger partial charge in [0, 0.05) is 6.54 Å². The molecule has 0 radical (unpaired) electrons. The van der Waals surface area contributed by atoms with Gasteiger partial charge in [-0.05, 0) is 25.0 Å². The Morgan fingerprint density at radius 3 is 3.06 bits per heavy atom. The Kier molecular flexibility index (Phi) is 3.90. The van der Waals surface area contributed by atoms with Gasteiger partial charge in [-0.15, -0.1) is 0 Å². The van der Waals surface area contributed by atoms with E-state index in [9.17, 15) is 9.18 Å². The van der Waals surface area contributed by atoms with Crippen LogP contribution in [0.15, 0.2) is 24.3 Å². The Morgan fingerprint density at radius 2 is 2.33 bits per heavy atom. The molecule has 0 saturated carbocycles. The molecule has 1 aromatic carbocycles. The van der Waals surface area contributed by atoms with Gasteiger partial charge >= 0.3 is 0 Å². The van der Waals surface area contributed by atoms with Crippen LogP contribution in [0.3, 0.4) is 0 Å². The quantitative estimate of drug-likeness (QED) is 0.885. The number of carbonyl (C=O) groups is 1. The molecule has 5 heteroatoms. The Balaban J connectivity index is 1.94. The van der Waals surface area contributed by atoms with Crippen molar-refractivity contribution >= 4 is 11.6 Å². The fourth-order valence-corrected chi connectivity index (χ4v) is 2.10. The van der Waals surface area contributed by atoms with E-state index in [0.717, 1.165) is 19.4 Å². The first kappa shape index (κ1) is 12.5. The third kappa shape index (κ3) is 2.84. The minimum Gasteiger partial charge on any atom is -0.322 e. The van der Waals surface area contributed by atoms with Gasteiger partial charge in [0.15, 0.2) is 0 Å². The first-order valence-electron chi connectivity index (χ1n) is 5.89. The van der Waals surface area contributed by atoms with Crippen LogP contribution in [0, 0.1) is 17.1 Å². The maximum atomic E-state index is 13.3. The van der Waals surface area contributed by atoms with E-state index in [2.05, 4.69) is 11.4 Å². The van der Waals surface area contributed by atoms with Crippen molar-refractivity contribution < 1.29 is 9.18 Å². The van der Waals surface area contributed by atoms with Crippen molar-refractivity contribution in [2.75, 3.05) is 18.4 Å². The summed E-state index contributed by atoms with van der Waals surface area (Å²) in [6, 6.07) is 8.00. The highest BCUT2D eigenvalue weighted by Gasteiger charge is 2.25. The molecule has 0 spiro atoms. The van der Waals surface area contributed by atoms with Crippen LogP contribution in [0.25, 0.3) is 0 Å². The van der Waals surface area contributed by atoms with Crippen molar-refractivity contribution in [3.8, 4) is 6.07 Å². The summed E-state index contributed by atoms with van der Waals surface area (Å²) < 4.78 is 13.3. The van der Waals surface area contributed by atoms with Crippen LogP contribution < -0.4 is 5.32 Å². The van der Waals surface area contributed by atoms with E-state index in [4.69, 9.17) is 5.26 Å². The number of hydrogen-bond donors (Lipinski definition) is 1. The van der Waals surface area contributed by atoms with Crippen molar-refractivity contribution in [1.82, 2.24) is 4.90 Å². The van der Waals surface area contributed by atoms with Crippen molar-refractivity contribution in [2.24, 2.45) is 0 Å². The Hall–Kier alpha value is -1.93. The van der Waals surface area contributed by atoms with Gasteiger partial charge in [-0.25, -0.2) is 4.39 Å². The highest BCUT2D eigenvalue weighted by Crippen LogP contribution is 2.17. The lowest BCUT2D eigenvalue weighted by atomic mass is 10.2. The summed E-state index contributed by atoms with van der Waals surface area (Å²) in [4.78, 5) is 13.6. The van der Waals surface area contributed by atoms with Crippen LogP contribution in [0.2, 0.25) is 0 Å². The molecule has 18 heavy (non-hydrogen) atoms. The van der Waals surface area contributed by atoms with E-state index < -0.39 is 5.82 Å². The molecule has 4 nitrogen and oxygen atoms in total. The van der Waals surface area contributed by atoms with Gasteiger partial charge in [0.1, 0.15) is 5.82 Å². The first-order valence-corrected chi connectivity index (χ1v) is 5.89. The molecule has 1 saturated heterocycles. The summed E-state index contributed by atoms with van der Waals surface area (Å²) in [5.41, 5.74) is 0.176. The van der Waals surface area contributed by atoms with Gasteiger partial charge in [0.05, 0.1) is 24.3 Å². The second-order valence-electron chi connectivity index (χ2n) is 4.29. The summed E-state index contributed by atoms with van der Waals surface area (Å²) in [6.07, 6.45) is 1.72. The van der Waals surface area contributed by atoms with Crippen molar-refractivity contribution in [2.45, 2.75) is 18.9 Å². The van der Waals surface area contributed by atoms with Gasteiger partial charge in [-0.3, -0.25) is 9.69 Å². The molecule has 1 atom stereocenters. The van der Waals surface area contributed by atoms with E-state index in [-0.39, 0.29) is 24.2 Å². The van der Waals surface area contributed by atoms with Crippen LogP contribution in [0.4, 0.5) is 10.1 Å². The van der Waals surface area contributed by atoms with E-state index >= 15 is 0 Å². The fraction of sp³-hybridized carbons (Fsp3) is 0.385. The average Bonchev–Trinajstić information content (AvgIpc) is 2.79. The Morgan fingerprint density at radius 1 is 1.56 bits per heavy atom. The average molecular weight is 247 g/mol. The summed E-state index contributed by atoms with van der Waals surface area (Å²) in [5.74, 6) is -0.744. The molecule has 1 N–H and O–H groups in total. The van der Waals surface area contributed by atoms with Crippen molar-refractivity contribution in [1.29, 1.82) is 5.26 Å². The second-order valence-corrected chi connectivity index (χ2v) is 4.29. The summed E-state index contributed by atoms with van der Waals surface area (Å²) in [7, 11) is 0. The number of carbonyl (C=O) groups excluding carboxylic acids is 1. The number of rotatable bonds is 3. The standard InChI is InChI=1S/C13H14FN3O/c14-11-5-1-2-6-12(11)16-13(18)9-17-7-3-4-10(17)8-15/h1-2,5-6,10H,3-4,7,9H2,(H,16,18). The molecule has 0 aliphatic carbocycles. The molecule has 1 fully saturated rings. The summed E-state index contributed by atoms with van der Waals surface area (Å²) >= 11 is 0. The molecule has 1 aliphatic rings. The molecule has 1 heterocycles. The number of anilines is 1. The predicted molar refractivity (Wildman–Crippen MR) is 65.2 cm³/mol. The fourth-order valence-electron chi connectivity index (χ4n) is 2.10. The molecule has 94 valence electrons. The Labute approximate surface area is 105 Å². The summed E-state index contributed by atoms with van der Waals surface area (Å²) in [6.45, 7) is 0.871. The molecular weight excluding hydrogens is 233 g/mol. The molecule has 1 aromatic rings. The SMILES string of the molecule is N#CC1CCCN1CC(=O)Nc1ccccc1F. The van der Waals surface area contributed by atoms with E-state index in [1.54, 1.807) is 12.1 Å². The lowest BCUT2D eigenvalue weighted by Gasteiger charge is -2.18. The zero-order chi connectivity index (χ0) is 13.0. The topological polar surface area (TPSA) is 56.1 Å². The second kappa shape index (κ2) is 5.61. The minimum atomic E-state index is -0.455. The number of para-hydroxylation sites is 1. The molecule has 1 amide bonds. The maximum absolute atomic E-state index is 13.3. The number of likely N-dealkylation sites (tertiary alicyclic amines) is 1. The predicted octanol–water partition coefficient (Wildman–Crippen LogP) is 1.75. The number of nitriles is 1. The first-order chi connectivity index (χ1) is 8.70. The third-order valence-corrected chi connectivity index (χ3v) is 3.01. The van der Waals surface area contributed by atoms with Gasteiger partial charge < -0.3 is 5.32 Å². The number of amides is 1. The van der Waals surface area contributed by atoms with Crippen molar-refractivity contribution in [3.05, 3.63) is 30.1 Å². The number of nitrogens with one attached hydrogen (secondary N) is 1. The van der Waals surface area contributed by atoms with Gasteiger partial charge in [0.25, 0.3) is 0 Å². The third-order valence-electron chi connectivity index (χ3n) is 3.01. The molecule has 0 aromatic heterocycles. The van der Waals surface area contributed by atoms with Crippen LogP contribution in [-0.4, -0.2) is 29.9 Å². The van der Waals surface area contributed by atoms with Gasteiger partial charge in [-0.2, -0.15) is 5.26 Å². The largest absolute Gasteiger partial charge is 0.322 e. The zero-order valence-corrected chi connectivity index (χ0v) is 9.90. The van der Waals surface area contributed by atoms with Crippen LogP contribution in [0.5, 0.6) is 0 Å². The van der Waals surface area contributed by atoms with E-state index in [1.807, 2.05) is 4.90 Å². The number of halogens is 1. The van der Waals surface area contributed by atoms with Crippen LogP contribution >= 0.6 is 0 Å². The molecule has 1 unspecified atom stereocenters. The highest BCUT2D eigenvalue weighted by molar-refractivity contribution is 5.92. The normalized spacial score (nSPS) is 19.4. The molecule has 0 bridgehead atoms. The lowest BCUT2D eigenvalue weighted by Crippen LogP contribution is -2.36. The zero-order valence-electron chi connectivity index (χ0n) is 9.90. The van der Waals surface area contributed by atoms with E-state index in [1.165, 1.54) is 12.1 Å². The lowest BCUT2D eigenvalue weighted by molar-refractivity contribution is -0.117. The molecule has 1 aliphatic heterocycles. The Bertz CT molecular complexity index is 483. The number of nitrogens with zero attached hydrogens (tertiary/aromatic N) is 2. The van der Waals surface area contributed by atoms with Gasteiger partial charge in [-0.1, -0.05) is 12.1 Å². The maximum Gasteiger partial charge on any atom is 0.238 e. The monoisotopic (exact) mass is 247 g/mol. The smallest absolute Gasteiger partial charge is 0.238 e. The molecule has 2 rings (SSSR count). The van der Waals surface area contributed by atoms with Gasteiger partial charge in [0.2, 0.25) is 5.91 Å². The highest BCUT2D eigenvalue weighted by atomic mass is 19.1. The van der Waals surface area contributed by atoms with Crippen molar-refractivity contribution in [3.63, 3.8) is 0 Å². The summed E-state index contributed by atoms with van der Waals surface area (Å²) in [5, 5.41) is 11.4. The van der Waals surface area contributed by atoms with Crippen LogP contribution in [0.1, 0.15) is 12.8 Å². The number of hydrogen-bond acceptors (Lipinski definition) is 3. The molecular formula is C13H14FN3O. The van der Waals surface area contributed by atoms with Crippen LogP contribution in [-0.2, 0) is 4.79 Å². The number of benzene rings is 1.